The summed E-state index contributed by atoms with van der Waals surface area (Å²) in [4.78, 5) is 18.0. The highest BCUT2D eigenvalue weighted by Gasteiger charge is 2.10. The molecule has 0 aliphatic heterocycles. The van der Waals surface area contributed by atoms with Crippen LogP contribution in [0.1, 0.15) is 6.92 Å². The second-order valence-corrected chi connectivity index (χ2v) is 9.95. The fraction of sp³-hybridized carbons (Fsp3) is 0.148. The highest BCUT2D eigenvalue weighted by molar-refractivity contribution is 8.00. The number of hydrogen-bond donors (Lipinski definition) is 3. The topological polar surface area (TPSA) is 84.5 Å². The highest BCUT2D eigenvalue weighted by atomic mass is 32.2. The number of nitrogens with one attached hydrogen (secondary N) is 3. The summed E-state index contributed by atoms with van der Waals surface area (Å²) in [5, 5.41) is 12.1. The van der Waals surface area contributed by atoms with Crippen LogP contribution in [0.15, 0.2) is 83.1 Å². The summed E-state index contributed by atoms with van der Waals surface area (Å²) >= 11 is 8.28. The number of thiocarbonyl (C=S) groups is 1. The number of hydrogen-bond acceptors (Lipinski definition) is 7. The van der Waals surface area contributed by atoms with Gasteiger partial charge in [-0.25, -0.2) is 4.98 Å². The van der Waals surface area contributed by atoms with Crippen LogP contribution < -0.4 is 25.4 Å². The molecule has 1 aromatic heterocycles. The molecule has 0 unspecified atom stereocenters. The second-order valence-electron chi connectivity index (χ2n) is 7.64. The van der Waals surface area contributed by atoms with Gasteiger partial charge in [0.15, 0.2) is 10.2 Å². The van der Waals surface area contributed by atoms with Crippen LogP contribution in [0.2, 0.25) is 0 Å². The van der Waals surface area contributed by atoms with Crippen LogP contribution in [0.5, 0.6) is 11.5 Å². The summed E-state index contributed by atoms with van der Waals surface area (Å²) in [5.41, 5.74) is 3.37. The number of rotatable bonds is 10. The maximum absolute atomic E-state index is 12.5. The third-order valence-corrected chi connectivity index (χ3v) is 6.98. The van der Waals surface area contributed by atoms with E-state index in [-0.39, 0.29) is 11.7 Å². The van der Waals surface area contributed by atoms with Crippen molar-refractivity contribution in [3.05, 3.63) is 78.2 Å². The van der Waals surface area contributed by atoms with Crippen molar-refractivity contribution in [3.8, 4) is 22.8 Å². The number of aromatic nitrogens is 1. The minimum atomic E-state index is -0.121. The molecule has 0 aliphatic carbocycles. The molecule has 3 aromatic carbocycles. The lowest BCUT2D eigenvalue weighted by molar-refractivity contribution is -0.113. The molecule has 0 bridgehead atoms. The number of thioether (sulfide) groups is 1. The number of carbonyl (C=O) groups is 1. The van der Waals surface area contributed by atoms with E-state index in [0.29, 0.717) is 22.6 Å². The number of benzene rings is 3. The number of amides is 1. The zero-order chi connectivity index (χ0) is 26.0. The smallest absolute Gasteiger partial charge is 0.236 e. The number of anilines is 3. The molecule has 4 rings (SSSR count). The number of ether oxygens (including phenoxy) is 2. The third kappa shape index (κ3) is 7.69. The van der Waals surface area contributed by atoms with Gasteiger partial charge in [-0.2, -0.15) is 0 Å². The molecule has 0 fully saturated rings. The Bertz CT molecular complexity index is 1360. The Morgan fingerprint density at radius 3 is 2.62 bits per heavy atom. The van der Waals surface area contributed by atoms with E-state index < -0.39 is 0 Å². The molecule has 4 aromatic rings. The second kappa shape index (κ2) is 13.1. The molecule has 0 atom stereocenters. The summed E-state index contributed by atoms with van der Waals surface area (Å²) in [6.45, 7) is 2.58. The SMILES string of the molecule is CCOc1ccc(-c2csc(NC(=O)CSc3cccc(NC(=S)Nc4ccccc4OC)c3)n2)cc1. The van der Waals surface area contributed by atoms with Crippen LogP contribution in [0, 0.1) is 0 Å². The van der Waals surface area contributed by atoms with Gasteiger partial charge in [-0.15, -0.1) is 23.1 Å². The Morgan fingerprint density at radius 1 is 1.03 bits per heavy atom. The molecular weight excluding hydrogens is 525 g/mol. The normalized spacial score (nSPS) is 10.4. The Labute approximate surface area is 229 Å². The van der Waals surface area contributed by atoms with Crippen LogP contribution in [0.25, 0.3) is 11.3 Å². The van der Waals surface area contributed by atoms with Crippen molar-refractivity contribution < 1.29 is 14.3 Å². The van der Waals surface area contributed by atoms with Gasteiger partial charge in [0.05, 0.1) is 30.9 Å². The van der Waals surface area contributed by atoms with E-state index in [0.717, 1.165) is 33.3 Å². The summed E-state index contributed by atoms with van der Waals surface area (Å²) in [6, 6.07) is 23.0. The molecule has 1 amide bonds. The first-order valence-electron chi connectivity index (χ1n) is 11.5. The lowest BCUT2D eigenvalue weighted by Crippen LogP contribution is -2.19. The van der Waals surface area contributed by atoms with E-state index in [1.165, 1.54) is 23.1 Å². The molecule has 190 valence electrons. The highest BCUT2D eigenvalue weighted by Crippen LogP contribution is 2.28. The molecule has 7 nitrogen and oxygen atoms in total. The first kappa shape index (κ1) is 26.5. The average molecular weight is 551 g/mol. The fourth-order valence-electron chi connectivity index (χ4n) is 3.35. The predicted octanol–water partition coefficient (Wildman–Crippen LogP) is 6.76. The van der Waals surface area contributed by atoms with E-state index in [1.54, 1.807) is 7.11 Å². The van der Waals surface area contributed by atoms with E-state index in [9.17, 15) is 4.79 Å². The minimum absolute atomic E-state index is 0.121. The van der Waals surface area contributed by atoms with Gasteiger partial charge in [0.1, 0.15) is 11.5 Å². The fourth-order valence-corrected chi connectivity index (χ4v) is 5.07. The molecule has 0 saturated heterocycles. The van der Waals surface area contributed by atoms with Crippen LogP contribution in [0.4, 0.5) is 16.5 Å². The van der Waals surface area contributed by atoms with Crippen LogP contribution in [0.3, 0.4) is 0 Å². The standard InChI is InChI=1S/C27H26N4O3S3/c1-3-34-20-13-11-18(12-14-20)23-16-37-27(30-23)31-25(32)17-36-21-8-6-7-19(15-21)28-26(35)29-22-9-4-5-10-24(22)33-2/h4-16H,3,17H2,1-2H3,(H2,28,29,35)(H,30,31,32). The third-order valence-electron chi connectivity index (χ3n) is 5.03. The van der Waals surface area contributed by atoms with Crippen molar-refractivity contribution in [2.75, 3.05) is 35.4 Å². The summed E-state index contributed by atoms with van der Waals surface area (Å²) in [5.74, 6) is 1.66. The van der Waals surface area contributed by atoms with Gasteiger partial charge < -0.3 is 25.4 Å². The van der Waals surface area contributed by atoms with Crippen molar-refractivity contribution in [3.63, 3.8) is 0 Å². The van der Waals surface area contributed by atoms with E-state index in [2.05, 4.69) is 20.9 Å². The van der Waals surface area contributed by atoms with Crippen molar-refractivity contribution >= 4 is 62.8 Å². The van der Waals surface area contributed by atoms with Crippen LogP contribution in [-0.4, -0.2) is 35.5 Å². The number of methoxy groups -OCH3 is 1. The molecule has 0 saturated carbocycles. The molecule has 0 radical (unpaired) electrons. The molecule has 3 N–H and O–H groups in total. The molecule has 1 heterocycles. The van der Waals surface area contributed by atoms with Gasteiger partial charge in [0.25, 0.3) is 0 Å². The van der Waals surface area contributed by atoms with Gasteiger partial charge in [0.2, 0.25) is 5.91 Å². The average Bonchev–Trinajstić information content (AvgIpc) is 3.37. The van der Waals surface area contributed by atoms with Crippen LogP contribution in [-0.2, 0) is 4.79 Å². The van der Waals surface area contributed by atoms with Gasteiger partial charge in [0, 0.05) is 21.5 Å². The Morgan fingerprint density at radius 2 is 1.84 bits per heavy atom. The number of thiazole rings is 1. The number of carbonyl (C=O) groups excluding carboxylic acids is 1. The number of para-hydroxylation sites is 2. The molecule has 0 aliphatic rings. The minimum Gasteiger partial charge on any atom is -0.495 e. The lowest BCUT2D eigenvalue weighted by Gasteiger charge is -2.13. The molecular formula is C27H26N4O3S3. The van der Waals surface area contributed by atoms with Gasteiger partial charge in [-0.3, -0.25) is 4.79 Å². The van der Waals surface area contributed by atoms with E-state index in [4.69, 9.17) is 21.7 Å². The summed E-state index contributed by atoms with van der Waals surface area (Å²) in [7, 11) is 1.61. The van der Waals surface area contributed by atoms with Crippen molar-refractivity contribution in [1.29, 1.82) is 0 Å². The van der Waals surface area contributed by atoms with E-state index in [1.807, 2.05) is 85.1 Å². The predicted molar refractivity (Wildman–Crippen MR) is 157 cm³/mol. The molecule has 0 spiro atoms. The first-order chi connectivity index (χ1) is 18.0. The Kier molecular flexibility index (Phi) is 9.36. The van der Waals surface area contributed by atoms with Crippen LogP contribution >= 0.6 is 35.3 Å². The zero-order valence-corrected chi connectivity index (χ0v) is 22.8. The Hall–Kier alpha value is -3.60. The quantitative estimate of drug-likeness (QED) is 0.148. The molecule has 10 heteroatoms. The maximum atomic E-state index is 12.5. The largest absolute Gasteiger partial charge is 0.495 e. The summed E-state index contributed by atoms with van der Waals surface area (Å²) < 4.78 is 10.8. The number of nitrogens with zero attached hydrogens (tertiary/aromatic N) is 1. The Balaban J connectivity index is 1.28. The zero-order valence-electron chi connectivity index (χ0n) is 20.3. The van der Waals surface area contributed by atoms with E-state index >= 15 is 0 Å². The summed E-state index contributed by atoms with van der Waals surface area (Å²) in [6.07, 6.45) is 0. The molecule has 37 heavy (non-hydrogen) atoms. The van der Waals surface area contributed by atoms with Gasteiger partial charge >= 0.3 is 0 Å². The monoisotopic (exact) mass is 550 g/mol. The first-order valence-corrected chi connectivity index (χ1v) is 13.7. The van der Waals surface area contributed by atoms with Crippen molar-refractivity contribution in [2.45, 2.75) is 11.8 Å². The van der Waals surface area contributed by atoms with Gasteiger partial charge in [-0.1, -0.05) is 18.2 Å². The maximum Gasteiger partial charge on any atom is 0.236 e. The van der Waals surface area contributed by atoms with Crippen molar-refractivity contribution in [1.82, 2.24) is 4.98 Å². The van der Waals surface area contributed by atoms with Gasteiger partial charge in [-0.05, 0) is 73.7 Å². The lowest BCUT2D eigenvalue weighted by atomic mass is 10.2. The van der Waals surface area contributed by atoms with Crippen molar-refractivity contribution in [2.24, 2.45) is 0 Å².